The first-order valence-corrected chi connectivity index (χ1v) is 16.3. The maximum absolute atomic E-state index is 5.75. The Morgan fingerprint density at radius 2 is 0.800 bits per heavy atom. The molecule has 0 aliphatic carbocycles. The second-order valence-corrected chi connectivity index (χ2v) is 12.9. The summed E-state index contributed by atoms with van der Waals surface area (Å²) in [6.45, 7) is 0. The molecule has 6 aromatic carbocycles. The number of rotatable bonds is 4. The van der Waals surface area contributed by atoms with E-state index in [0.29, 0.717) is 11.7 Å². The van der Waals surface area contributed by atoms with E-state index in [2.05, 4.69) is 148 Å². The van der Waals surface area contributed by atoms with Gasteiger partial charge in [-0.05, 0) is 97.1 Å². The summed E-state index contributed by atoms with van der Waals surface area (Å²) in [6, 6.07) is 50.8. The summed E-state index contributed by atoms with van der Waals surface area (Å²) in [7, 11) is 0. The highest BCUT2D eigenvalue weighted by atomic mass is 32.2. The molecule has 0 bridgehead atoms. The molecular weight excluding hydrogens is 593 g/mol. The second-order valence-electron chi connectivity index (χ2n) is 10.8. The predicted molar refractivity (Wildman–Crippen MR) is 183 cm³/mol. The van der Waals surface area contributed by atoms with Gasteiger partial charge in [0, 0.05) is 42.1 Å². The summed E-state index contributed by atoms with van der Waals surface area (Å²) in [5, 5.41) is 4.33. The maximum atomic E-state index is 5.75. The highest BCUT2D eigenvalue weighted by molar-refractivity contribution is 8.00. The molecule has 0 spiro atoms. The topological polar surface area (TPSA) is 45.4 Å². The number of nitrogens with zero attached hydrogens (tertiary/aromatic N) is 4. The van der Waals surface area contributed by atoms with Crippen molar-refractivity contribution in [2.75, 3.05) is 9.80 Å². The summed E-state index contributed by atoms with van der Waals surface area (Å²) < 4.78 is 5.75. The van der Waals surface area contributed by atoms with E-state index in [0.717, 1.165) is 22.5 Å². The summed E-state index contributed by atoms with van der Waals surface area (Å²) in [4.78, 5) is 14.3. The molecule has 45 heavy (non-hydrogen) atoms. The Morgan fingerprint density at radius 1 is 0.422 bits per heavy atom. The lowest BCUT2D eigenvalue weighted by Crippen LogP contribution is -2.14. The van der Waals surface area contributed by atoms with Crippen LogP contribution in [0.3, 0.4) is 0 Å². The fourth-order valence-electron chi connectivity index (χ4n) is 5.94. The van der Waals surface area contributed by atoms with Gasteiger partial charge in [-0.3, -0.25) is 0 Å². The Balaban J connectivity index is 1.00. The molecular formula is C38H24N4OS2. The van der Waals surface area contributed by atoms with Crippen LogP contribution >= 0.6 is 23.5 Å². The lowest BCUT2D eigenvalue weighted by molar-refractivity contribution is 0.432. The van der Waals surface area contributed by atoms with Crippen LogP contribution < -0.4 is 9.80 Å². The van der Waals surface area contributed by atoms with E-state index in [1.165, 1.54) is 42.3 Å². The minimum atomic E-state index is 0.492. The van der Waals surface area contributed by atoms with Crippen molar-refractivity contribution in [2.45, 2.75) is 19.6 Å². The molecule has 0 saturated heterocycles. The lowest BCUT2D eigenvalue weighted by Gasteiger charge is -2.32. The number of benzene rings is 6. The molecule has 1 aromatic heterocycles. The van der Waals surface area contributed by atoms with Gasteiger partial charge in [0.1, 0.15) is 0 Å². The first-order valence-electron chi connectivity index (χ1n) is 14.7. The number of para-hydroxylation sites is 4. The third-order valence-corrected chi connectivity index (χ3v) is 10.3. The van der Waals surface area contributed by atoms with E-state index < -0.39 is 0 Å². The Morgan fingerprint density at radius 3 is 1.22 bits per heavy atom. The van der Waals surface area contributed by atoms with Crippen molar-refractivity contribution in [3.63, 3.8) is 0 Å². The van der Waals surface area contributed by atoms with Crippen molar-refractivity contribution in [3.05, 3.63) is 146 Å². The van der Waals surface area contributed by atoms with Gasteiger partial charge in [-0.15, -0.1) is 0 Å². The highest BCUT2D eigenvalue weighted by Crippen LogP contribution is 2.52. The van der Waals surface area contributed by atoms with E-state index in [1.54, 1.807) is 23.5 Å². The zero-order valence-electron chi connectivity index (χ0n) is 23.9. The highest BCUT2D eigenvalue weighted by Gasteiger charge is 2.26. The zero-order chi connectivity index (χ0) is 29.7. The van der Waals surface area contributed by atoms with Gasteiger partial charge in [-0.2, -0.15) is 4.98 Å². The Bertz CT molecular complexity index is 1950. The molecule has 9 rings (SSSR count). The van der Waals surface area contributed by atoms with E-state index in [4.69, 9.17) is 9.51 Å². The quantitative estimate of drug-likeness (QED) is 0.195. The summed E-state index contributed by atoms with van der Waals surface area (Å²) in [6.07, 6.45) is 0. The van der Waals surface area contributed by atoms with Crippen LogP contribution in [0.4, 0.5) is 34.1 Å². The van der Waals surface area contributed by atoms with Gasteiger partial charge in [0.25, 0.3) is 5.89 Å². The molecule has 0 unspecified atom stereocenters. The number of fused-ring (bicyclic) bond motifs is 4. The van der Waals surface area contributed by atoms with E-state index in [1.807, 2.05) is 12.1 Å². The molecule has 0 N–H and O–H groups in total. The molecule has 3 heterocycles. The normalized spacial score (nSPS) is 13.1. The van der Waals surface area contributed by atoms with Crippen LogP contribution in [0.2, 0.25) is 0 Å². The summed E-state index contributed by atoms with van der Waals surface area (Å²) in [5.41, 5.74) is 8.63. The number of aromatic nitrogens is 2. The zero-order valence-corrected chi connectivity index (χ0v) is 25.5. The van der Waals surface area contributed by atoms with Gasteiger partial charge in [0.05, 0.1) is 22.7 Å². The molecule has 2 aliphatic heterocycles. The Labute approximate surface area is 269 Å². The molecule has 0 saturated carbocycles. The second kappa shape index (κ2) is 10.7. The van der Waals surface area contributed by atoms with Crippen molar-refractivity contribution in [1.29, 1.82) is 0 Å². The first-order chi connectivity index (χ1) is 22.3. The van der Waals surface area contributed by atoms with E-state index >= 15 is 0 Å². The van der Waals surface area contributed by atoms with Crippen molar-refractivity contribution in [2.24, 2.45) is 0 Å². The SMILES string of the molecule is c1ccc2c(c1)Sc1ccccc1N2c1ccc(-c2noc(-c3ccc(N4c5ccccc5Sc5ccccc54)cc3)n2)cc1. The molecule has 0 radical (unpaired) electrons. The van der Waals surface area contributed by atoms with Crippen LogP contribution in [-0.4, -0.2) is 10.1 Å². The molecule has 0 atom stereocenters. The smallest absolute Gasteiger partial charge is 0.258 e. The summed E-state index contributed by atoms with van der Waals surface area (Å²) >= 11 is 3.61. The molecule has 0 amide bonds. The van der Waals surface area contributed by atoms with Gasteiger partial charge in [-0.1, -0.05) is 77.2 Å². The lowest BCUT2D eigenvalue weighted by atomic mass is 10.1. The number of anilines is 6. The largest absolute Gasteiger partial charge is 0.334 e. The van der Waals surface area contributed by atoms with Crippen LogP contribution in [0.15, 0.2) is 170 Å². The third kappa shape index (κ3) is 4.51. The van der Waals surface area contributed by atoms with E-state index in [-0.39, 0.29) is 0 Å². The average Bonchev–Trinajstić information content (AvgIpc) is 3.60. The maximum Gasteiger partial charge on any atom is 0.258 e. The molecule has 2 aliphatic rings. The third-order valence-electron chi connectivity index (χ3n) is 8.05. The minimum absolute atomic E-state index is 0.492. The first kappa shape index (κ1) is 26.2. The van der Waals surface area contributed by atoms with Gasteiger partial charge >= 0.3 is 0 Å². The molecule has 7 heteroatoms. The number of hydrogen-bond donors (Lipinski definition) is 0. The minimum Gasteiger partial charge on any atom is -0.334 e. The van der Waals surface area contributed by atoms with Gasteiger partial charge in [0.2, 0.25) is 5.82 Å². The summed E-state index contributed by atoms with van der Waals surface area (Å²) in [5.74, 6) is 1.05. The van der Waals surface area contributed by atoms with Crippen molar-refractivity contribution in [3.8, 4) is 22.8 Å². The molecule has 0 fully saturated rings. The van der Waals surface area contributed by atoms with Crippen LogP contribution in [0.5, 0.6) is 0 Å². The standard InChI is InChI=1S/C38H24N4OS2/c1-5-13-33-29(9-1)41(30-10-2-6-14-34(30)44-33)27-21-17-25(18-22-27)37-39-38(43-40-37)26-19-23-28(24-20-26)42-31-11-3-7-15-35(31)45-36-16-8-4-12-32(36)42/h1-24H. The molecule has 5 nitrogen and oxygen atoms in total. The fraction of sp³-hybridized carbons (Fsp3) is 0. The Hall–Kier alpha value is -5.24. The molecule has 7 aromatic rings. The van der Waals surface area contributed by atoms with Crippen LogP contribution in [0.25, 0.3) is 22.8 Å². The predicted octanol–water partition coefficient (Wildman–Crippen LogP) is 11.3. The Kier molecular flexibility index (Phi) is 6.25. The van der Waals surface area contributed by atoms with Crippen LogP contribution in [0.1, 0.15) is 0 Å². The monoisotopic (exact) mass is 616 g/mol. The van der Waals surface area contributed by atoms with Crippen molar-refractivity contribution < 1.29 is 4.52 Å². The van der Waals surface area contributed by atoms with Crippen LogP contribution in [0, 0.1) is 0 Å². The van der Waals surface area contributed by atoms with Gasteiger partial charge in [-0.25, -0.2) is 0 Å². The van der Waals surface area contributed by atoms with Crippen molar-refractivity contribution in [1.82, 2.24) is 10.1 Å². The molecule has 214 valence electrons. The van der Waals surface area contributed by atoms with Gasteiger partial charge in [0.15, 0.2) is 0 Å². The fourth-order valence-corrected chi connectivity index (χ4v) is 8.05. The van der Waals surface area contributed by atoms with E-state index in [9.17, 15) is 0 Å². The van der Waals surface area contributed by atoms with Gasteiger partial charge < -0.3 is 14.3 Å². The average molecular weight is 617 g/mol. The van der Waals surface area contributed by atoms with Crippen LogP contribution in [-0.2, 0) is 0 Å². The van der Waals surface area contributed by atoms with Crippen molar-refractivity contribution >= 4 is 57.6 Å². The number of hydrogen-bond acceptors (Lipinski definition) is 7.